The molecule has 1 fully saturated rings. The Morgan fingerprint density at radius 3 is 2.82 bits per heavy atom. The van der Waals surface area contributed by atoms with Gasteiger partial charge in [0.15, 0.2) is 5.13 Å². The molecule has 0 bridgehead atoms. The summed E-state index contributed by atoms with van der Waals surface area (Å²) in [5, 5.41) is 0.604. The summed E-state index contributed by atoms with van der Waals surface area (Å²) < 4.78 is 6.51. The number of fused-ring (bicyclic) bond motifs is 1. The predicted molar refractivity (Wildman–Crippen MR) is 90.3 cm³/mol. The fourth-order valence-corrected chi connectivity index (χ4v) is 3.48. The van der Waals surface area contributed by atoms with Gasteiger partial charge in [0.2, 0.25) is 0 Å². The minimum absolute atomic E-state index is 0.604. The Kier molecular flexibility index (Phi) is 3.40. The maximum absolute atomic E-state index is 5.78. The minimum Gasteiger partial charge on any atom is -0.378 e. The zero-order valence-corrected chi connectivity index (χ0v) is 12.8. The fourth-order valence-electron chi connectivity index (χ4n) is 2.70. The molecule has 5 nitrogen and oxygen atoms in total. The molecule has 0 amide bonds. The van der Waals surface area contributed by atoms with Crippen molar-refractivity contribution in [3.05, 3.63) is 36.7 Å². The van der Waals surface area contributed by atoms with E-state index in [9.17, 15) is 0 Å². The summed E-state index contributed by atoms with van der Waals surface area (Å²) in [5.41, 5.74) is 10.1. The van der Waals surface area contributed by atoms with E-state index in [-0.39, 0.29) is 0 Å². The van der Waals surface area contributed by atoms with Crippen molar-refractivity contribution in [2.45, 2.75) is 0 Å². The van der Waals surface area contributed by atoms with E-state index < -0.39 is 0 Å². The zero-order valence-electron chi connectivity index (χ0n) is 12.0. The Hall–Kier alpha value is -2.18. The number of hydrogen-bond donors (Lipinski definition) is 1. The number of rotatable bonds is 2. The van der Waals surface area contributed by atoms with Crippen LogP contribution in [-0.4, -0.2) is 36.3 Å². The minimum atomic E-state index is 0.604. The number of aromatic nitrogens is 2. The summed E-state index contributed by atoms with van der Waals surface area (Å²) in [7, 11) is 0. The van der Waals surface area contributed by atoms with Gasteiger partial charge in [0.25, 0.3) is 0 Å². The summed E-state index contributed by atoms with van der Waals surface area (Å²) in [4.78, 5) is 11.0. The molecule has 1 aliphatic heterocycles. The third-order valence-electron chi connectivity index (χ3n) is 3.84. The molecule has 0 aliphatic carbocycles. The number of ether oxygens (including phenoxy) is 1. The maximum Gasteiger partial charge on any atom is 0.181 e. The number of nitrogens with two attached hydrogens (primary N) is 1. The third kappa shape index (κ3) is 2.51. The van der Waals surface area contributed by atoms with Gasteiger partial charge in [0, 0.05) is 24.8 Å². The molecule has 0 unspecified atom stereocenters. The van der Waals surface area contributed by atoms with Crippen LogP contribution < -0.4 is 10.6 Å². The van der Waals surface area contributed by atoms with Crippen molar-refractivity contribution in [3.8, 4) is 11.1 Å². The van der Waals surface area contributed by atoms with E-state index in [4.69, 9.17) is 10.5 Å². The number of thiazole rings is 1. The van der Waals surface area contributed by atoms with E-state index in [2.05, 4.69) is 33.1 Å². The Bertz CT molecular complexity index is 811. The SMILES string of the molecule is Nc1nc2ccc(-c3cncc(N4CCOCC4)c3)cc2s1. The molecule has 1 aliphatic rings. The van der Waals surface area contributed by atoms with E-state index in [1.54, 1.807) is 0 Å². The predicted octanol–water partition coefficient (Wildman–Crippen LogP) is 2.78. The molecule has 112 valence electrons. The Morgan fingerprint density at radius 2 is 1.95 bits per heavy atom. The lowest BCUT2D eigenvalue weighted by molar-refractivity contribution is 0.122. The number of morpholine rings is 1. The van der Waals surface area contributed by atoms with Crippen molar-refractivity contribution in [2.24, 2.45) is 0 Å². The number of pyridine rings is 1. The van der Waals surface area contributed by atoms with Crippen molar-refractivity contribution in [3.63, 3.8) is 0 Å². The van der Waals surface area contributed by atoms with Gasteiger partial charge in [-0.2, -0.15) is 0 Å². The van der Waals surface area contributed by atoms with Crippen LogP contribution in [0.4, 0.5) is 10.8 Å². The van der Waals surface area contributed by atoms with Crippen LogP contribution in [0, 0.1) is 0 Å². The molecule has 3 heterocycles. The average Bonchev–Trinajstić information content (AvgIpc) is 2.95. The molecule has 0 atom stereocenters. The van der Waals surface area contributed by atoms with Crippen molar-refractivity contribution < 1.29 is 4.74 Å². The number of nitrogens with zero attached hydrogens (tertiary/aromatic N) is 3. The van der Waals surface area contributed by atoms with Gasteiger partial charge in [-0.15, -0.1) is 0 Å². The lowest BCUT2D eigenvalue weighted by atomic mass is 10.1. The zero-order chi connectivity index (χ0) is 14.9. The molecule has 0 saturated carbocycles. The van der Waals surface area contributed by atoms with Crippen LogP contribution in [0.2, 0.25) is 0 Å². The van der Waals surface area contributed by atoms with Crippen LogP contribution in [0.5, 0.6) is 0 Å². The highest BCUT2D eigenvalue weighted by Gasteiger charge is 2.12. The fraction of sp³-hybridized carbons (Fsp3) is 0.250. The third-order valence-corrected chi connectivity index (χ3v) is 4.69. The summed E-state index contributed by atoms with van der Waals surface area (Å²) >= 11 is 1.51. The molecular weight excluding hydrogens is 296 g/mol. The first-order chi connectivity index (χ1) is 10.8. The molecular formula is C16H16N4OS. The highest BCUT2D eigenvalue weighted by atomic mass is 32.1. The van der Waals surface area contributed by atoms with Crippen LogP contribution in [0.15, 0.2) is 36.7 Å². The van der Waals surface area contributed by atoms with E-state index in [1.807, 2.05) is 18.5 Å². The molecule has 2 aromatic heterocycles. The molecule has 1 saturated heterocycles. The first-order valence-electron chi connectivity index (χ1n) is 7.24. The molecule has 1 aromatic carbocycles. The van der Waals surface area contributed by atoms with Gasteiger partial charge < -0.3 is 15.4 Å². The molecule has 3 aromatic rings. The molecule has 2 N–H and O–H groups in total. The van der Waals surface area contributed by atoms with Crippen molar-refractivity contribution in [1.29, 1.82) is 0 Å². The van der Waals surface area contributed by atoms with Gasteiger partial charge in [-0.3, -0.25) is 4.98 Å². The second kappa shape index (κ2) is 5.55. The van der Waals surface area contributed by atoms with E-state index in [0.717, 1.165) is 53.3 Å². The quantitative estimate of drug-likeness (QED) is 0.788. The van der Waals surface area contributed by atoms with Gasteiger partial charge >= 0.3 is 0 Å². The number of benzene rings is 1. The highest BCUT2D eigenvalue weighted by molar-refractivity contribution is 7.22. The van der Waals surface area contributed by atoms with Crippen LogP contribution >= 0.6 is 11.3 Å². The van der Waals surface area contributed by atoms with Gasteiger partial charge in [-0.05, 0) is 23.8 Å². The van der Waals surface area contributed by atoms with Gasteiger partial charge in [-0.25, -0.2) is 4.98 Å². The monoisotopic (exact) mass is 312 g/mol. The first kappa shape index (κ1) is 13.5. The molecule has 4 rings (SSSR count). The summed E-state index contributed by atoms with van der Waals surface area (Å²) in [5.74, 6) is 0. The smallest absolute Gasteiger partial charge is 0.181 e. The van der Waals surface area contributed by atoms with E-state index in [0.29, 0.717) is 5.13 Å². The first-order valence-corrected chi connectivity index (χ1v) is 8.05. The van der Waals surface area contributed by atoms with Crippen molar-refractivity contribution in [2.75, 3.05) is 36.9 Å². The van der Waals surface area contributed by atoms with Crippen LogP contribution in [0.1, 0.15) is 0 Å². The topological polar surface area (TPSA) is 64.3 Å². The Balaban J connectivity index is 1.70. The normalized spacial score (nSPS) is 15.4. The average molecular weight is 312 g/mol. The van der Waals surface area contributed by atoms with Gasteiger partial charge in [0.05, 0.1) is 35.3 Å². The lowest BCUT2D eigenvalue weighted by Crippen LogP contribution is -2.36. The largest absolute Gasteiger partial charge is 0.378 e. The van der Waals surface area contributed by atoms with Crippen molar-refractivity contribution >= 4 is 32.4 Å². The molecule has 0 spiro atoms. The molecule has 0 radical (unpaired) electrons. The van der Waals surface area contributed by atoms with Crippen LogP contribution in [0.25, 0.3) is 21.3 Å². The van der Waals surface area contributed by atoms with Crippen LogP contribution in [-0.2, 0) is 4.74 Å². The molecule has 6 heteroatoms. The standard InChI is InChI=1S/C16H16N4OS/c17-16-19-14-2-1-11(8-15(14)22-16)12-7-13(10-18-9-12)20-3-5-21-6-4-20/h1-2,7-10H,3-6H2,(H2,17,19). The summed E-state index contributed by atoms with van der Waals surface area (Å²) in [6, 6.07) is 8.40. The van der Waals surface area contributed by atoms with Crippen molar-refractivity contribution in [1.82, 2.24) is 9.97 Å². The van der Waals surface area contributed by atoms with Gasteiger partial charge in [0.1, 0.15) is 0 Å². The number of nitrogen functional groups attached to an aromatic ring is 1. The van der Waals surface area contributed by atoms with Crippen LogP contribution in [0.3, 0.4) is 0 Å². The van der Waals surface area contributed by atoms with Gasteiger partial charge in [-0.1, -0.05) is 17.4 Å². The second-order valence-electron chi connectivity index (χ2n) is 5.27. The number of anilines is 2. The molecule has 22 heavy (non-hydrogen) atoms. The lowest BCUT2D eigenvalue weighted by Gasteiger charge is -2.28. The highest BCUT2D eigenvalue weighted by Crippen LogP contribution is 2.30. The Labute approximate surface area is 132 Å². The summed E-state index contributed by atoms with van der Waals surface area (Å²) in [6.07, 6.45) is 3.81. The number of hydrogen-bond acceptors (Lipinski definition) is 6. The van der Waals surface area contributed by atoms with E-state index >= 15 is 0 Å². The summed E-state index contributed by atoms with van der Waals surface area (Å²) in [6.45, 7) is 3.37. The van der Waals surface area contributed by atoms with E-state index in [1.165, 1.54) is 11.3 Å². The second-order valence-corrected chi connectivity index (χ2v) is 6.33. The Morgan fingerprint density at radius 1 is 1.09 bits per heavy atom. The maximum atomic E-state index is 5.78.